The first-order valence-electron chi connectivity index (χ1n) is 6.67. The summed E-state index contributed by atoms with van der Waals surface area (Å²) < 4.78 is 11.2. The molecule has 0 atom stereocenters. The van der Waals surface area contributed by atoms with Crippen molar-refractivity contribution in [1.29, 1.82) is 0 Å². The molecule has 0 saturated carbocycles. The summed E-state index contributed by atoms with van der Waals surface area (Å²) >= 11 is 6.11. The molecule has 0 spiro atoms. The molecule has 1 heterocycles. The number of ether oxygens (including phenoxy) is 1. The Morgan fingerprint density at radius 3 is 2.90 bits per heavy atom. The molecule has 2 rings (SSSR count). The maximum atomic E-state index is 6.11. The van der Waals surface area contributed by atoms with Crippen LogP contribution in [0, 0.1) is 6.92 Å². The minimum Gasteiger partial charge on any atom is -0.490 e. The van der Waals surface area contributed by atoms with Gasteiger partial charge in [0.05, 0.1) is 18.1 Å². The van der Waals surface area contributed by atoms with Crippen LogP contribution in [-0.2, 0) is 6.54 Å². The predicted octanol–water partition coefficient (Wildman–Crippen LogP) is 2.27. The molecule has 1 N–H and O–H groups in total. The summed E-state index contributed by atoms with van der Waals surface area (Å²) in [4.78, 5) is 1.84. The number of benzene rings is 1. The third-order valence-corrected chi connectivity index (χ3v) is 3.18. The Morgan fingerprint density at radius 1 is 1.38 bits per heavy atom. The van der Waals surface area contributed by atoms with Gasteiger partial charge in [-0.15, -0.1) is 5.10 Å². The number of rotatable bonds is 7. The van der Waals surface area contributed by atoms with Crippen molar-refractivity contribution in [1.82, 2.24) is 15.5 Å². The Balaban J connectivity index is 1.84. The van der Waals surface area contributed by atoms with E-state index in [1.807, 2.05) is 44.1 Å². The molecule has 0 fully saturated rings. The zero-order valence-electron chi connectivity index (χ0n) is 12.4. The van der Waals surface area contributed by atoms with Gasteiger partial charge in [-0.05, 0) is 31.7 Å². The fraction of sp³-hybridized carbons (Fsp3) is 0.429. The highest BCUT2D eigenvalue weighted by Gasteiger charge is 2.10. The number of hydrogen-bond donors (Lipinski definition) is 1. The number of likely N-dealkylation sites (N-methyl/N-ethyl adjacent to an activating group) is 1. The van der Waals surface area contributed by atoms with Gasteiger partial charge >= 0.3 is 6.01 Å². The molecule has 0 aliphatic heterocycles. The number of aromatic nitrogens is 2. The molecular formula is C14H19ClN4O2. The van der Waals surface area contributed by atoms with E-state index in [1.54, 1.807) is 0 Å². The summed E-state index contributed by atoms with van der Waals surface area (Å²) in [5, 5.41) is 11.5. The van der Waals surface area contributed by atoms with Crippen molar-refractivity contribution in [2.75, 3.05) is 32.1 Å². The Morgan fingerprint density at radius 2 is 2.19 bits per heavy atom. The van der Waals surface area contributed by atoms with E-state index >= 15 is 0 Å². The summed E-state index contributed by atoms with van der Waals surface area (Å²) in [6, 6.07) is 6.18. The van der Waals surface area contributed by atoms with Crippen molar-refractivity contribution in [3.05, 3.63) is 34.7 Å². The normalized spacial score (nSPS) is 10.7. The van der Waals surface area contributed by atoms with Crippen LogP contribution in [0.5, 0.6) is 5.75 Å². The second-order valence-corrected chi connectivity index (χ2v) is 5.12. The van der Waals surface area contributed by atoms with Gasteiger partial charge in [0.1, 0.15) is 12.4 Å². The van der Waals surface area contributed by atoms with Gasteiger partial charge in [-0.25, -0.2) is 0 Å². The highest BCUT2D eigenvalue weighted by atomic mass is 35.5. The summed E-state index contributed by atoms with van der Waals surface area (Å²) in [6.07, 6.45) is 0. The molecule has 0 amide bonds. The van der Waals surface area contributed by atoms with E-state index in [2.05, 4.69) is 15.5 Å². The fourth-order valence-electron chi connectivity index (χ4n) is 1.73. The lowest BCUT2D eigenvalue weighted by Crippen LogP contribution is -2.24. The first-order valence-corrected chi connectivity index (χ1v) is 7.05. The van der Waals surface area contributed by atoms with E-state index in [-0.39, 0.29) is 0 Å². The average Bonchev–Trinajstić information content (AvgIpc) is 2.90. The molecule has 2 aromatic rings. The molecular weight excluding hydrogens is 292 g/mol. The smallest absolute Gasteiger partial charge is 0.318 e. The lowest BCUT2D eigenvalue weighted by molar-refractivity contribution is 0.322. The third kappa shape index (κ3) is 4.34. The standard InChI is InChI=1S/C14H19ClN4O2/c1-10-4-5-12(11(15)8-10)20-7-6-19(3)14-18-17-13(21-14)9-16-2/h4-5,8,16H,6-7,9H2,1-3H3. The van der Waals surface area contributed by atoms with Gasteiger partial charge in [-0.3, -0.25) is 0 Å². The molecule has 0 saturated heterocycles. The van der Waals surface area contributed by atoms with E-state index in [4.69, 9.17) is 20.8 Å². The largest absolute Gasteiger partial charge is 0.490 e. The van der Waals surface area contributed by atoms with Crippen LogP contribution in [0.25, 0.3) is 0 Å². The topological polar surface area (TPSA) is 63.4 Å². The van der Waals surface area contributed by atoms with Crippen molar-refractivity contribution < 1.29 is 9.15 Å². The molecule has 114 valence electrons. The summed E-state index contributed by atoms with van der Waals surface area (Å²) in [6.45, 7) is 3.63. The minimum atomic E-state index is 0.471. The molecule has 0 unspecified atom stereocenters. The first-order chi connectivity index (χ1) is 10.1. The summed E-state index contributed by atoms with van der Waals surface area (Å²) in [5.41, 5.74) is 1.10. The zero-order valence-corrected chi connectivity index (χ0v) is 13.1. The SMILES string of the molecule is CNCc1nnc(N(C)CCOc2ccc(C)cc2Cl)o1. The molecule has 0 radical (unpaired) electrons. The summed E-state index contributed by atoms with van der Waals surface area (Å²) in [5.74, 6) is 1.24. The molecule has 1 aromatic heterocycles. The highest BCUT2D eigenvalue weighted by Crippen LogP contribution is 2.25. The third-order valence-electron chi connectivity index (χ3n) is 2.88. The highest BCUT2D eigenvalue weighted by molar-refractivity contribution is 6.32. The Labute approximate surface area is 129 Å². The number of nitrogens with zero attached hydrogens (tertiary/aromatic N) is 3. The Kier molecular flexibility index (Phi) is 5.41. The maximum Gasteiger partial charge on any atom is 0.318 e. The monoisotopic (exact) mass is 310 g/mol. The molecule has 6 nitrogen and oxygen atoms in total. The van der Waals surface area contributed by atoms with E-state index in [0.717, 1.165) is 5.56 Å². The number of halogens is 1. The Bertz CT molecular complexity index is 588. The van der Waals surface area contributed by atoms with Gasteiger partial charge in [0, 0.05) is 7.05 Å². The van der Waals surface area contributed by atoms with Gasteiger partial charge < -0.3 is 19.4 Å². The van der Waals surface area contributed by atoms with Crippen LogP contribution in [-0.4, -0.2) is 37.4 Å². The number of anilines is 1. The van der Waals surface area contributed by atoms with Gasteiger partial charge in [0.15, 0.2) is 0 Å². The van der Waals surface area contributed by atoms with Crippen LogP contribution in [0.1, 0.15) is 11.5 Å². The van der Waals surface area contributed by atoms with Gasteiger partial charge in [-0.1, -0.05) is 22.8 Å². The minimum absolute atomic E-state index is 0.471. The van der Waals surface area contributed by atoms with Crippen molar-refractivity contribution >= 4 is 17.6 Å². The number of nitrogens with one attached hydrogen (secondary N) is 1. The fourth-order valence-corrected chi connectivity index (χ4v) is 2.02. The van der Waals surface area contributed by atoms with Crippen LogP contribution in [0.4, 0.5) is 6.01 Å². The molecule has 21 heavy (non-hydrogen) atoms. The lowest BCUT2D eigenvalue weighted by Gasteiger charge is -2.15. The molecule has 0 aliphatic rings. The quantitative estimate of drug-likeness (QED) is 0.846. The Hall–Kier alpha value is -1.79. The van der Waals surface area contributed by atoms with Gasteiger partial charge in [-0.2, -0.15) is 0 Å². The van der Waals surface area contributed by atoms with Crippen LogP contribution in [0.2, 0.25) is 5.02 Å². The molecule has 0 bridgehead atoms. The van der Waals surface area contributed by atoms with E-state index in [0.29, 0.717) is 42.4 Å². The molecule has 0 aliphatic carbocycles. The van der Waals surface area contributed by atoms with Crippen LogP contribution >= 0.6 is 11.6 Å². The van der Waals surface area contributed by atoms with Crippen molar-refractivity contribution in [2.45, 2.75) is 13.5 Å². The maximum absolute atomic E-state index is 6.11. The van der Waals surface area contributed by atoms with Crippen molar-refractivity contribution in [3.8, 4) is 5.75 Å². The molecule has 7 heteroatoms. The van der Waals surface area contributed by atoms with Crippen LogP contribution in [0.3, 0.4) is 0 Å². The van der Waals surface area contributed by atoms with Crippen LogP contribution in [0.15, 0.2) is 22.6 Å². The van der Waals surface area contributed by atoms with E-state index in [1.165, 1.54) is 0 Å². The second-order valence-electron chi connectivity index (χ2n) is 4.71. The number of aryl methyl sites for hydroxylation is 1. The van der Waals surface area contributed by atoms with E-state index in [9.17, 15) is 0 Å². The van der Waals surface area contributed by atoms with E-state index < -0.39 is 0 Å². The lowest BCUT2D eigenvalue weighted by atomic mass is 10.2. The predicted molar refractivity (Wildman–Crippen MR) is 82.0 cm³/mol. The average molecular weight is 311 g/mol. The van der Waals surface area contributed by atoms with Crippen molar-refractivity contribution in [3.63, 3.8) is 0 Å². The number of hydrogen-bond acceptors (Lipinski definition) is 6. The second kappa shape index (κ2) is 7.28. The van der Waals surface area contributed by atoms with Gasteiger partial charge in [0.2, 0.25) is 5.89 Å². The first kappa shape index (κ1) is 15.6. The van der Waals surface area contributed by atoms with Crippen LogP contribution < -0.4 is 15.0 Å². The zero-order chi connectivity index (χ0) is 15.2. The molecule has 1 aromatic carbocycles. The summed E-state index contributed by atoms with van der Waals surface area (Å²) in [7, 11) is 3.70. The van der Waals surface area contributed by atoms with Crippen molar-refractivity contribution in [2.24, 2.45) is 0 Å². The van der Waals surface area contributed by atoms with Gasteiger partial charge in [0.25, 0.3) is 0 Å².